The zero-order valence-electron chi connectivity index (χ0n) is 18.6. The van der Waals surface area contributed by atoms with Gasteiger partial charge in [-0.3, -0.25) is 9.79 Å². The van der Waals surface area contributed by atoms with Crippen LogP contribution in [0.1, 0.15) is 29.0 Å². The molecule has 2 heterocycles. The number of guanidine groups is 1. The van der Waals surface area contributed by atoms with Crippen molar-refractivity contribution in [3.8, 4) is 5.75 Å². The molecule has 0 radical (unpaired) electrons. The second-order valence-electron chi connectivity index (χ2n) is 7.43. The molecule has 0 spiro atoms. The first-order valence-corrected chi connectivity index (χ1v) is 10.8. The summed E-state index contributed by atoms with van der Waals surface area (Å²) in [5.74, 6) is 1.75. The van der Waals surface area contributed by atoms with Gasteiger partial charge in [0.2, 0.25) is 0 Å². The van der Waals surface area contributed by atoms with Gasteiger partial charge in [-0.2, -0.15) is 0 Å². The van der Waals surface area contributed by atoms with Gasteiger partial charge >= 0.3 is 0 Å². The summed E-state index contributed by atoms with van der Waals surface area (Å²) < 4.78 is 10.7. The van der Waals surface area contributed by atoms with Crippen molar-refractivity contribution in [3.05, 3.63) is 46.9 Å². The number of amides is 1. The number of nitrogens with zero attached hydrogens (tertiary/aromatic N) is 2. The highest BCUT2D eigenvalue weighted by Gasteiger charge is 2.25. The maximum Gasteiger partial charge on any atom is 0.287 e. The number of furan rings is 1. The molecule has 0 saturated carbocycles. The van der Waals surface area contributed by atoms with E-state index < -0.39 is 0 Å². The molecule has 2 aromatic rings. The number of methoxy groups -OCH3 is 1. The maximum absolute atomic E-state index is 12.0. The van der Waals surface area contributed by atoms with Crippen LogP contribution < -0.4 is 25.6 Å². The van der Waals surface area contributed by atoms with Gasteiger partial charge in [0.15, 0.2) is 11.7 Å². The first kappa shape index (κ1) is 26.1. The number of anilines is 1. The summed E-state index contributed by atoms with van der Waals surface area (Å²) in [7, 11) is 3.42. The molecule has 1 fully saturated rings. The van der Waals surface area contributed by atoms with Crippen molar-refractivity contribution in [2.24, 2.45) is 4.99 Å². The number of ether oxygens (including phenoxy) is 1. The molecule has 1 unspecified atom stereocenters. The van der Waals surface area contributed by atoms with E-state index in [-0.39, 0.29) is 35.9 Å². The Morgan fingerprint density at radius 2 is 2.09 bits per heavy atom. The monoisotopic (exact) mass is 575 g/mol. The summed E-state index contributed by atoms with van der Waals surface area (Å²) in [6.07, 6.45) is 3.27. The van der Waals surface area contributed by atoms with E-state index in [0.29, 0.717) is 23.9 Å². The predicted octanol–water partition coefficient (Wildman–Crippen LogP) is 3.43. The zero-order valence-corrected chi connectivity index (χ0v) is 21.7. The SMILES string of the molecule is CN=C(NCCCNC(=O)c1occc1C)NC1CCN(c2cc(Cl)ccc2OC)C1.I. The third-order valence-corrected chi connectivity index (χ3v) is 5.47. The fourth-order valence-corrected chi connectivity index (χ4v) is 3.74. The van der Waals surface area contributed by atoms with Gasteiger partial charge in [-0.15, -0.1) is 24.0 Å². The normalized spacial score (nSPS) is 15.8. The lowest BCUT2D eigenvalue weighted by Gasteiger charge is -2.22. The van der Waals surface area contributed by atoms with Gasteiger partial charge in [-0.25, -0.2) is 0 Å². The average Bonchev–Trinajstić information content (AvgIpc) is 3.41. The van der Waals surface area contributed by atoms with Crippen molar-refractivity contribution in [2.45, 2.75) is 25.8 Å². The van der Waals surface area contributed by atoms with Gasteiger partial charge < -0.3 is 30.0 Å². The summed E-state index contributed by atoms with van der Waals surface area (Å²) >= 11 is 6.18. The summed E-state index contributed by atoms with van der Waals surface area (Å²) in [4.78, 5) is 18.6. The van der Waals surface area contributed by atoms with Gasteiger partial charge in [0.1, 0.15) is 5.75 Å². The van der Waals surface area contributed by atoms with E-state index in [4.69, 9.17) is 20.8 Å². The Kier molecular flexibility index (Phi) is 10.4. The van der Waals surface area contributed by atoms with E-state index in [2.05, 4.69) is 25.8 Å². The quantitative estimate of drug-likeness (QED) is 0.193. The number of halogens is 2. The number of benzene rings is 1. The molecular formula is C22H31ClIN5O3. The average molecular weight is 576 g/mol. The first-order chi connectivity index (χ1) is 15.0. The molecule has 1 saturated heterocycles. The van der Waals surface area contributed by atoms with E-state index >= 15 is 0 Å². The van der Waals surface area contributed by atoms with Gasteiger partial charge in [0.25, 0.3) is 5.91 Å². The molecule has 176 valence electrons. The Morgan fingerprint density at radius 3 is 2.78 bits per heavy atom. The van der Waals surface area contributed by atoms with Gasteiger partial charge in [0, 0.05) is 49.9 Å². The van der Waals surface area contributed by atoms with Gasteiger partial charge in [0.05, 0.1) is 19.1 Å². The zero-order chi connectivity index (χ0) is 22.2. The molecule has 0 aliphatic carbocycles. The molecule has 10 heteroatoms. The van der Waals surface area contributed by atoms with Crippen molar-refractivity contribution in [2.75, 3.05) is 45.2 Å². The Labute approximate surface area is 211 Å². The topological polar surface area (TPSA) is 91.1 Å². The number of hydrogen-bond acceptors (Lipinski definition) is 5. The molecule has 1 aromatic carbocycles. The highest BCUT2D eigenvalue weighted by atomic mass is 127. The van der Waals surface area contributed by atoms with E-state index in [9.17, 15) is 4.79 Å². The van der Waals surface area contributed by atoms with Crippen LogP contribution in [0.4, 0.5) is 5.69 Å². The molecule has 1 atom stereocenters. The van der Waals surface area contributed by atoms with Crippen molar-refractivity contribution >= 4 is 53.1 Å². The minimum atomic E-state index is -0.188. The largest absolute Gasteiger partial charge is 0.495 e. The number of hydrogen-bond donors (Lipinski definition) is 3. The molecule has 32 heavy (non-hydrogen) atoms. The molecule has 0 bridgehead atoms. The van der Waals surface area contributed by atoms with E-state index in [1.807, 2.05) is 25.1 Å². The summed E-state index contributed by atoms with van der Waals surface area (Å²) in [6, 6.07) is 7.70. The second kappa shape index (κ2) is 12.8. The minimum Gasteiger partial charge on any atom is -0.495 e. The summed E-state index contributed by atoms with van der Waals surface area (Å²) in [5.41, 5.74) is 1.84. The molecule has 8 nitrogen and oxygen atoms in total. The van der Waals surface area contributed by atoms with Crippen molar-refractivity contribution in [1.82, 2.24) is 16.0 Å². The van der Waals surface area contributed by atoms with Crippen molar-refractivity contribution < 1.29 is 13.9 Å². The molecule has 1 amide bonds. The Balaban J connectivity index is 0.00000363. The molecule has 1 aliphatic rings. The highest BCUT2D eigenvalue weighted by molar-refractivity contribution is 14.0. The lowest BCUT2D eigenvalue weighted by atomic mass is 10.2. The Morgan fingerprint density at radius 1 is 1.31 bits per heavy atom. The number of carbonyl (C=O) groups is 1. The van der Waals surface area contributed by atoms with E-state index in [1.54, 1.807) is 20.2 Å². The van der Waals surface area contributed by atoms with Crippen LogP contribution in [0.15, 0.2) is 39.9 Å². The second-order valence-corrected chi connectivity index (χ2v) is 7.87. The number of nitrogens with one attached hydrogen (secondary N) is 3. The Hall–Kier alpha value is -2.14. The fourth-order valence-electron chi connectivity index (χ4n) is 3.58. The lowest BCUT2D eigenvalue weighted by Crippen LogP contribution is -2.45. The Bertz CT molecular complexity index is 921. The van der Waals surface area contributed by atoms with Crippen LogP contribution in [-0.4, -0.2) is 58.2 Å². The number of aryl methyl sites for hydroxylation is 1. The van der Waals surface area contributed by atoms with Crippen LogP contribution in [0.5, 0.6) is 5.75 Å². The molecular weight excluding hydrogens is 545 g/mol. The molecule has 1 aromatic heterocycles. The highest BCUT2D eigenvalue weighted by Crippen LogP contribution is 2.33. The maximum atomic E-state index is 12.0. The van der Waals surface area contributed by atoms with E-state index in [0.717, 1.165) is 48.9 Å². The van der Waals surface area contributed by atoms with Gasteiger partial charge in [-0.1, -0.05) is 11.6 Å². The number of rotatable bonds is 8. The minimum absolute atomic E-state index is 0. The predicted molar refractivity (Wildman–Crippen MR) is 139 cm³/mol. The van der Waals surface area contributed by atoms with Crippen molar-refractivity contribution in [1.29, 1.82) is 0 Å². The standard InChI is InChI=1S/C22H30ClN5O3.HI/c1-15-8-12-31-20(15)21(29)25-9-4-10-26-22(24-2)27-17-7-11-28(14-17)18-13-16(23)5-6-19(18)30-3;/h5-6,8,12-13,17H,4,7,9-11,14H2,1-3H3,(H,25,29)(H2,24,26,27);1H. The van der Waals surface area contributed by atoms with Crippen LogP contribution in [0.2, 0.25) is 5.02 Å². The van der Waals surface area contributed by atoms with Crippen LogP contribution in [0.25, 0.3) is 0 Å². The van der Waals surface area contributed by atoms with Gasteiger partial charge in [-0.05, 0) is 44.0 Å². The third-order valence-electron chi connectivity index (χ3n) is 5.23. The fraction of sp³-hybridized carbons (Fsp3) is 0.455. The first-order valence-electron chi connectivity index (χ1n) is 10.4. The third kappa shape index (κ3) is 6.93. The number of aliphatic imine (C=N–C) groups is 1. The summed E-state index contributed by atoms with van der Waals surface area (Å²) in [5, 5.41) is 10.3. The number of carbonyl (C=O) groups excluding carboxylic acids is 1. The summed E-state index contributed by atoms with van der Waals surface area (Å²) in [6.45, 7) is 4.83. The van der Waals surface area contributed by atoms with Crippen LogP contribution in [0, 0.1) is 6.92 Å². The lowest BCUT2D eigenvalue weighted by molar-refractivity contribution is 0.0925. The van der Waals surface area contributed by atoms with Crippen molar-refractivity contribution in [3.63, 3.8) is 0 Å². The molecule has 1 aliphatic heterocycles. The van der Waals surface area contributed by atoms with Crippen LogP contribution in [-0.2, 0) is 0 Å². The molecule has 3 rings (SSSR count). The van der Waals surface area contributed by atoms with Crippen LogP contribution >= 0.6 is 35.6 Å². The van der Waals surface area contributed by atoms with E-state index in [1.165, 1.54) is 6.26 Å². The van der Waals surface area contributed by atoms with Crippen LogP contribution in [0.3, 0.4) is 0 Å². The molecule has 3 N–H and O–H groups in total. The smallest absolute Gasteiger partial charge is 0.287 e.